The summed E-state index contributed by atoms with van der Waals surface area (Å²) in [6, 6.07) is 8.09. The lowest BCUT2D eigenvalue weighted by atomic mass is 9.80. The van der Waals surface area contributed by atoms with Crippen LogP contribution in [0.15, 0.2) is 24.3 Å². The smallest absolute Gasteiger partial charge is 0.423 e. The van der Waals surface area contributed by atoms with Gasteiger partial charge in [-0.05, 0) is 45.3 Å². The van der Waals surface area contributed by atoms with Crippen molar-refractivity contribution in [1.29, 1.82) is 5.26 Å². The van der Waals surface area contributed by atoms with Crippen molar-refractivity contribution in [2.45, 2.75) is 38.9 Å². The highest BCUT2D eigenvalue weighted by atomic mass is 16.4. The third-order valence-electron chi connectivity index (χ3n) is 2.81. The van der Waals surface area contributed by atoms with Gasteiger partial charge in [0.2, 0.25) is 0 Å². The van der Waals surface area contributed by atoms with E-state index in [4.69, 9.17) is 25.5 Å². The van der Waals surface area contributed by atoms with Crippen molar-refractivity contribution >= 4 is 12.6 Å². The van der Waals surface area contributed by atoms with E-state index in [0.717, 1.165) is 0 Å². The lowest BCUT2D eigenvalue weighted by molar-refractivity contribution is -0.107. The molecule has 0 amide bonds. The van der Waals surface area contributed by atoms with Gasteiger partial charge in [-0.3, -0.25) is 0 Å². The van der Waals surface area contributed by atoms with Crippen LogP contribution in [-0.2, 0) is 0 Å². The van der Waals surface area contributed by atoms with Gasteiger partial charge in [-0.25, -0.2) is 0 Å². The zero-order valence-electron chi connectivity index (χ0n) is 11.6. The van der Waals surface area contributed by atoms with Gasteiger partial charge in [0.1, 0.15) is 0 Å². The molecule has 0 heterocycles. The van der Waals surface area contributed by atoms with Crippen molar-refractivity contribution in [3.63, 3.8) is 0 Å². The molecule has 6 heteroatoms. The van der Waals surface area contributed by atoms with Crippen molar-refractivity contribution in [3.8, 4) is 6.07 Å². The number of nitriles is 1. The summed E-state index contributed by atoms with van der Waals surface area (Å²) in [5.74, 6) is 0. The molecule has 0 atom stereocenters. The van der Waals surface area contributed by atoms with Crippen LogP contribution >= 0.6 is 0 Å². The second-order valence-electron chi connectivity index (χ2n) is 5.23. The summed E-state index contributed by atoms with van der Waals surface area (Å²) in [6.45, 7) is 6.31. The van der Waals surface area contributed by atoms with E-state index in [1.807, 2.05) is 6.07 Å². The highest BCUT2D eigenvalue weighted by Gasteiger charge is 2.31. The van der Waals surface area contributed by atoms with E-state index in [-0.39, 0.29) is 0 Å². The van der Waals surface area contributed by atoms with Gasteiger partial charge < -0.3 is 20.3 Å². The Kier molecular flexibility index (Phi) is 6.20. The van der Waals surface area contributed by atoms with E-state index in [9.17, 15) is 0 Å². The SMILES string of the molecule is CC(C)(O)C(C)(C)O.N#Cc1cccc(B(O)O)c1. The quantitative estimate of drug-likeness (QED) is 0.553. The maximum Gasteiger partial charge on any atom is 0.488 e. The molecule has 1 rings (SSSR count). The molecular weight excluding hydrogens is 245 g/mol. The molecule has 0 saturated heterocycles. The van der Waals surface area contributed by atoms with Crippen LogP contribution in [0.1, 0.15) is 33.3 Å². The van der Waals surface area contributed by atoms with Crippen molar-refractivity contribution in [2.24, 2.45) is 0 Å². The van der Waals surface area contributed by atoms with Crippen LogP contribution in [0.2, 0.25) is 0 Å². The Morgan fingerprint density at radius 1 is 1.05 bits per heavy atom. The molecule has 0 saturated carbocycles. The number of nitrogens with zero attached hydrogens (tertiary/aromatic N) is 1. The van der Waals surface area contributed by atoms with E-state index >= 15 is 0 Å². The van der Waals surface area contributed by atoms with Crippen LogP contribution in [-0.4, -0.2) is 38.6 Å². The third kappa shape index (κ3) is 6.36. The first-order valence-electron chi connectivity index (χ1n) is 5.80. The molecule has 0 spiro atoms. The highest BCUT2D eigenvalue weighted by molar-refractivity contribution is 6.58. The zero-order valence-corrected chi connectivity index (χ0v) is 11.6. The molecule has 104 valence electrons. The van der Waals surface area contributed by atoms with Crippen LogP contribution in [0.25, 0.3) is 0 Å². The monoisotopic (exact) mass is 265 g/mol. The van der Waals surface area contributed by atoms with Crippen LogP contribution in [0.5, 0.6) is 0 Å². The molecule has 0 aliphatic rings. The van der Waals surface area contributed by atoms with E-state index in [1.54, 1.807) is 45.9 Å². The molecule has 0 aliphatic heterocycles. The average Bonchev–Trinajstić information content (AvgIpc) is 2.27. The number of hydrogen-bond donors (Lipinski definition) is 4. The van der Waals surface area contributed by atoms with Gasteiger partial charge in [0, 0.05) is 0 Å². The Labute approximate surface area is 113 Å². The number of aliphatic hydroxyl groups is 2. The fraction of sp³-hybridized carbons (Fsp3) is 0.462. The van der Waals surface area contributed by atoms with Crippen molar-refractivity contribution < 1.29 is 20.3 Å². The molecule has 1 aromatic carbocycles. The minimum absolute atomic E-state index is 0.337. The van der Waals surface area contributed by atoms with E-state index in [2.05, 4.69) is 0 Å². The van der Waals surface area contributed by atoms with Gasteiger partial charge >= 0.3 is 7.12 Å². The van der Waals surface area contributed by atoms with Crippen molar-refractivity contribution in [3.05, 3.63) is 29.8 Å². The molecule has 1 aromatic rings. The summed E-state index contributed by atoms with van der Waals surface area (Å²) in [7, 11) is -1.50. The molecule has 0 bridgehead atoms. The normalized spacial score (nSPS) is 11.1. The number of rotatable bonds is 2. The Morgan fingerprint density at radius 3 is 1.84 bits per heavy atom. The fourth-order valence-electron chi connectivity index (χ4n) is 0.769. The molecule has 0 aliphatic carbocycles. The molecule has 19 heavy (non-hydrogen) atoms. The van der Waals surface area contributed by atoms with Crippen LogP contribution in [0.4, 0.5) is 0 Å². The summed E-state index contributed by atoms with van der Waals surface area (Å²) in [6.07, 6.45) is 0. The van der Waals surface area contributed by atoms with E-state index in [0.29, 0.717) is 11.0 Å². The molecule has 0 unspecified atom stereocenters. The van der Waals surface area contributed by atoms with Crippen LogP contribution < -0.4 is 5.46 Å². The second kappa shape index (κ2) is 6.69. The van der Waals surface area contributed by atoms with Crippen LogP contribution in [0, 0.1) is 11.3 Å². The molecule has 5 nitrogen and oxygen atoms in total. The van der Waals surface area contributed by atoms with Gasteiger partial charge in [-0.2, -0.15) is 5.26 Å². The minimum Gasteiger partial charge on any atom is -0.423 e. The minimum atomic E-state index is -1.50. The van der Waals surface area contributed by atoms with E-state index < -0.39 is 18.3 Å². The highest BCUT2D eigenvalue weighted by Crippen LogP contribution is 2.19. The lowest BCUT2D eigenvalue weighted by Gasteiger charge is -2.31. The summed E-state index contributed by atoms with van der Waals surface area (Å²) in [5, 5.41) is 44.0. The first kappa shape index (κ1) is 17.6. The zero-order chi connectivity index (χ0) is 15.3. The van der Waals surface area contributed by atoms with Gasteiger partial charge in [0.15, 0.2) is 0 Å². The summed E-state index contributed by atoms with van der Waals surface area (Å²) >= 11 is 0. The third-order valence-corrected chi connectivity index (χ3v) is 2.81. The Balaban J connectivity index is 0.000000362. The first-order valence-corrected chi connectivity index (χ1v) is 5.80. The average molecular weight is 265 g/mol. The lowest BCUT2D eigenvalue weighted by Crippen LogP contribution is -2.44. The fourth-order valence-corrected chi connectivity index (χ4v) is 0.769. The van der Waals surface area contributed by atoms with E-state index in [1.165, 1.54) is 6.07 Å². The number of benzene rings is 1. The maximum absolute atomic E-state index is 9.10. The maximum atomic E-state index is 9.10. The Hall–Kier alpha value is -1.39. The summed E-state index contributed by atoms with van der Waals surface area (Å²) in [5.41, 5.74) is -1.25. The summed E-state index contributed by atoms with van der Waals surface area (Å²) in [4.78, 5) is 0. The van der Waals surface area contributed by atoms with Crippen molar-refractivity contribution in [2.75, 3.05) is 0 Å². The first-order chi connectivity index (χ1) is 8.49. The number of hydrogen-bond acceptors (Lipinski definition) is 5. The Morgan fingerprint density at radius 2 is 1.53 bits per heavy atom. The van der Waals surface area contributed by atoms with Gasteiger partial charge in [-0.1, -0.05) is 12.1 Å². The molecule has 0 fully saturated rings. The second-order valence-corrected chi connectivity index (χ2v) is 5.23. The predicted octanol–water partition coefficient (Wildman–Crippen LogP) is -0.234. The molecule has 0 radical (unpaired) electrons. The summed E-state index contributed by atoms with van der Waals surface area (Å²) < 4.78 is 0. The van der Waals surface area contributed by atoms with Gasteiger partial charge in [-0.15, -0.1) is 0 Å². The predicted molar refractivity (Wildman–Crippen MR) is 73.6 cm³/mol. The largest absolute Gasteiger partial charge is 0.488 e. The molecular formula is C13H20BNO4. The Bertz CT molecular complexity index is 429. The van der Waals surface area contributed by atoms with Gasteiger partial charge in [0.05, 0.1) is 22.8 Å². The van der Waals surface area contributed by atoms with Crippen molar-refractivity contribution in [1.82, 2.24) is 0 Å². The topological polar surface area (TPSA) is 105 Å². The van der Waals surface area contributed by atoms with Gasteiger partial charge in [0.25, 0.3) is 0 Å². The molecule has 0 aromatic heterocycles. The molecule has 4 N–H and O–H groups in total. The van der Waals surface area contributed by atoms with Crippen LogP contribution in [0.3, 0.4) is 0 Å². The standard InChI is InChI=1S/C7H6BNO2.C6H14O2/c9-5-6-2-1-3-7(4-6)8(10)11;1-5(2,7)6(3,4)8/h1-4,10-11H;7-8H,1-4H3.